The third-order valence-electron chi connectivity index (χ3n) is 7.12. The second kappa shape index (κ2) is 12.8. The smallest absolute Gasteiger partial charge is 0.295 e. The molecule has 0 spiro atoms. The molecule has 0 unspecified atom stereocenters. The molecule has 0 atom stereocenters. The van der Waals surface area contributed by atoms with Crippen molar-refractivity contribution in [3.8, 4) is 5.75 Å². The maximum absolute atomic E-state index is 13.2. The molecular weight excluding hydrogens is 695 g/mol. The van der Waals surface area contributed by atoms with Crippen LogP contribution in [-0.4, -0.2) is 39.5 Å². The number of aromatic hydroxyl groups is 1. The van der Waals surface area contributed by atoms with E-state index in [0.717, 1.165) is 22.9 Å². The van der Waals surface area contributed by atoms with Gasteiger partial charge >= 0.3 is 0 Å². The fourth-order valence-electron chi connectivity index (χ4n) is 4.81. The van der Waals surface area contributed by atoms with Crippen molar-refractivity contribution in [3.05, 3.63) is 115 Å². The highest BCUT2D eigenvalue weighted by Gasteiger charge is 2.22. The van der Waals surface area contributed by atoms with E-state index in [2.05, 4.69) is 25.2 Å². The molecule has 6 aromatic rings. The quantitative estimate of drug-likeness (QED) is 0.0843. The number of nitrogens with one attached hydrogen (secondary N) is 1. The predicted octanol–water partition coefficient (Wildman–Crippen LogP) is 7.82. The number of hydrogen-bond acceptors (Lipinski definition) is 11. The van der Waals surface area contributed by atoms with Crippen LogP contribution in [0.3, 0.4) is 0 Å². The van der Waals surface area contributed by atoms with Crippen molar-refractivity contribution in [2.45, 2.75) is 14.7 Å². The van der Waals surface area contributed by atoms with E-state index < -0.39 is 40.1 Å². The van der Waals surface area contributed by atoms with Crippen molar-refractivity contribution >= 4 is 80.2 Å². The molecule has 0 saturated heterocycles. The Kier molecular flexibility index (Phi) is 8.70. The van der Waals surface area contributed by atoms with E-state index >= 15 is 0 Å². The van der Waals surface area contributed by atoms with Crippen LogP contribution in [0, 0.1) is 0 Å². The Balaban J connectivity index is 1.20. The molecule has 0 amide bonds. The molecule has 0 aliphatic carbocycles. The van der Waals surface area contributed by atoms with Crippen molar-refractivity contribution in [2.75, 3.05) is 4.72 Å². The highest BCUT2D eigenvalue weighted by atomic mass is 32.2. The van der Waals surface area contributed by atoms with Gasteiger partial charge in [-0.25, -0.2) is 8.42 Å². The van der Waals surface area contributed by atoms with E-state index in [9.17, 15) is 39.5 Å². The van der Waals surface area contributed by atoms with Crippen molar-refractivity contribution in [1.82, 2.24) is 0 Å². The Morgan fingerprint density at radius 2 is 1.16 bits per heavy atom. The second-order valence-electron chi connectivity index (χ2n) is 10.5. The van der Waals surface area contributed by atoms with E-state index in [0.29, 0.717) is 23.1 Å². The van der Waals surface area contributed by atoms with Gasteiger partial charge < -0.3 is 5.11 Å². The molecule has 0 aliphatic rings. The Morgan fingerprint density at radius 1 is 0.510 bits per heavy atom. The first-order chi connectivity index (χ1) is 23.2. The molecule has 14 nitrogen and oxygen atoms in total. The van der Waals surface area contributed by atoms with Gasteiger partial charge in [0, 0.05) is 16.5 Å². The first-order valence-electron chi connectivity index (χ1n) is 14.0. The third-order valence-corrected chi connectivity index (χ3v) is 10.2. The summed E-state index contributed by atoms with van der Waals surface area (Å²) >= 11 is 0. The van der Waals surface area contributed by atoms with Crippen molar-refractivity contribution in [1.29, 1.82) is 0 Å². The molecule has 6 rings (SSSR count). The number of rotatable bonds is 9. The molecular formula is C32H23N5O9S3. The van der Waals surface area contributed by atoms with Gasteiger partial charge in [-0.05, 0) is 83.6 Å². The van der Waals surface area contributed by atoms with Crippen LogP contribution in [-0.2, 0) is 30.3 Å². The van der Waals surface area contributed by atoms with Crippen LogP contribution >= 0.6 is 0 Å². The highest BCUT2D eigenvalue weighted by Crippen LogP contribution is 2.36. The molecule has 248 valence electrons. The Bertz CT molecular complexity index is 2660. The van der Waals surface area contributed by atoms with E-state index in [1.54, 1.807) is 36.4 Å². The molecule has 0 heterocycles. The van der Waals surface area contributed by atoms with Crippen LogP contribution in [0.25, 0.3) is 21.5 Å². The van der Waals surface area contributed by atoms with Gasteiger partial charge in [-0.15, -0.1) is 5.11 Å². The normalized spacial score (nSPS) is 12.7. The fourth-order valence-corrected chi connectivity index (χ4v) is 7.24. The van der Waals surface area contributed by atoms with Gasteiger partial charge in [0.15, 0.2) is 0 Å². The standard InChI is InChI=1S/C32H23N5O9S3/c38-30-15-9-20-4-1-2-7-28(20)32(30)36-34-23-13-11-22(12-14-23)33-35-24-5-3-6-26(17-24)47(39,40)37-25-10-8-21-16-27(48(41,42)43)19-31(29(21)18-25)49(44,45)46/h1-19,37-38H,(H,41,42,43)(H,44,45,46). The van der Waals surface area contributed by atoms with Gasteiger partial charge in [-0.2, -0.15) is 32.2 Å². The highest BCUT2D eigenvalue weighted by molar-refractivity contribution is 7.92. The summed E-state index contributed by atoms with van der Waals surface area (Å²) in [6, 6.07) is 28.0. The lowest BCUT2D eigenvalue weighted by molar-refractivity contribution is 0.476. The van der Waals surface area contributed by atoms with Crippen molar-refractivity contribution in [2.24, 2.45) is 20.5 Å². The maximum atomic E-state index is 13.2. The van der Waals surface area contributed by atoms with Gasteiger partial charge in [0.2, 0.25) is 0 Å². The minimum absolute atomic E-state index is 0.00619. The molecule has 0 aromatic heterocycles. The number of benzene rings is 6. The summed E-state index contributed by atoms with van der Waals surface area (Å²) in [5.41, 5.74) is 1.35. The molecule has 0 radical (unpaired) electrons. The summed E-state index contributed by atoms with van der Waals surface area (Å²) in [5, 5.41) is 28.4. The van der Waals surface area contributed by atoms with Gasteiger partial charge in [0.25, 0.3) is 30.3 Å². The van der Waals surface area contributed by atoms with Crippen LogP contribution in [0.2, 0.25) is 0 Å². The molecule has 0 saturated carbocycles. The predicted molar refractivity (Wildman–Crippen MR) is 181 cm³/mol. The Labute approximate surface area is 279 Å². The number of anilines is 1. The number of fused-ring (bicyclic) bond motifs is 2. The van der Waals surface area contributed by atoms with Gasteiger partial charge in [-0.1, -0.05) is 42.5 Å². The zero-order valence-corrected chi connectivity index (χ0v) is 27.2. The number of phenols is 1. The minimum atomic E-state index is -4.98. The summed E-state index contributed by atoms with van der Waals surface area (Å²) in [4.78, 5) is -1.82. The largest absolute Gasteiger partial charge is 0.506 e. The molecule has 4 N–H and O–H groups in total. The Hall–Kier alpha value is -5.59. The molecule has 0 bridgehead atoms. The zero-order chi connectivity index (χ0) is 35.0. The van der Waals surface area contributed by atoms with Gasteiger partial charge in [0.05, 0.1) is 26.9 Å². The van der Waals surface area contributed by atoms with Gasteiger partial charge in [-0.3, -0.25) is 13.8 Å². The fraction of sp³-hybridized carbons (Fsp3) is 0. The number of azo groups is 2. The number of hydrogen-bond donors (Lipinski definition) is 4. The summed E-state index contributed by atoms with van der Waals surface area (Å²) in [7, 11) is -14.1. The van der Waals surface area contributed by atoms with Crippen LogP contribution in [0.4, 0.5) is 28.4 Å². The monoisotopic (exact) mass is 717 g/mol. The lowest BCUT2D eigenvalue weighted by Crippen LogP contribution is -2.13. The molecule has 0 fully saturated rings. The van der Waals surface area contributed by atoms with E-state index in [-0.39, 0.29) is 32.8 Å². The van der Waals surface area contributed by atoms with Crippen LogP contribution in [0.5, 0.6) is 5.75 Å². The third kappa shape index (κ3) is 7.45. The second-order valence-corrected chi connectivity index (χ2v) is 15.0. The minimum Gasteiger partial charge on any atom is -0.506 e. The number of nitrogens with zero attached hydrogens (tertiary/aromatic N) is 4. The first-order valence-corrected chi connectivity index (χ1v) is 18.3. The van der Waals surface area contributed by atoms with Crippen molar-refractivity contribution in [3.63, 3.8) is 0 Å². The summed E-state index contributed by atoms with van der Waals surface area (Å²) in [6.45, 7) is 0. The van der Waals surface area contributed by atoms with E-state index in [1.807, 2.05) is 24.3 Å². The lowest BCUT2D eigenvalue weighted by Gasteiger charge is -2.11. The summed E-state index contributed by atoms with van der Waals surface area (Å²) < 4.78 is 95.0. The maximum Gasteiger partial charge on any atom is 0.295 e. The summed E-state index contributed by atoms with van der Waals surface area (Å²) in [5.74, 6) is -0.00673. The van der Waals surface area contributed by atoms with Crippen LogP contribution in [0.15, 0.2) is 150 Å². The number of phenolic OH excluding ortho intramolecular Hbond substituents is 1. The van der Waals surface area contributed by atoms with Crippen LogP contribution in [0.1, 0.15) is 0 Å². The average molecular weight is 718 g/mol. The summed E-state index contributed by atoms with van der Waals surface area (Å²) in [6.07, 6.45) is 0. The molecule has 6 aromatic carbocycles. The van der Waals surface area contributed by atoms with Crippen molar-refractivity contribution < 1.29 is 39.5 Å². The topological polar surface area (TPSA) is 225 Å². The first kappa shape index (κ1) is 33.3. The van der Waals surface area contributed by atoms with E-state index in [1.165, 1.54) is 36.4 Å². The lowest BCUT2D eigenvalue weighted by atomic mass is 10.1. The Morgan fingerprint density at radius 3 is 1.86 bits per heavy atom. The zero-order valence-electron chi connectivity index (χ0n) is 24.8. The molecule has 17 heteroatoms. The molecule has 49 heavy (non-hydrogen) atoms. The SMILES string of the molecule is O=S(=O)(O)c1cc(S(=O)(=O)O)c2cc(NS(=O)(=O)c3cccc(N=Nc4ccc(N=Nc5c(O)ccc6ccccc56)cc4)c3)ccc2c1. The average Bonchev–Trinajstić information content (AvgIpc) is 3.06. The van der Waals surface area contributed by atoms with E-state index in [4.69, 9.17) is 0 Å². The van der Waals surface area contributed by atoms with Gasteiger partial charge in [0.1, 0.15) is 16.3 Å². The molecule has 0 aliphatic heterocycles. The number of sulfonamides is 1. The van der Waals surface area contributed by atoms with Crippen LogP contribution < -0.4 is 4.72 Å².